The lowest BCUT2D eigenvalue weighted by Gasteiger charge is -2.21. The van der Waals surface area contributed by atoms with Crippen molar-refractivity contribution in [2.45, 2.75) is 25.4 Å². The van der Waals surface area contributed by atoms with Gasteiger partial charge in [-0.3, -0.25) is 4.79 Å². The van der Waals surface area contributed by atoms with Gasteiger partial charge in [-0.2, -0.15) is 0 Å². The number of rotatable bonds is 5. The van der Waals surface area contributed by atoms with Crippen LogP contribution in [0.15, 0.2) is 36.4 Å². The van der Waals surface area contributed by atoms with Crippen LogP contribution in [0.2, 0.25) is 5.02 Å². The quantitative estimate of drug-likeness (QED) is 0.864. The predicted molar refractivity (Wildman–Crippen MR) is 95.7 cm³/mol. The summed E-state index contributed by atoms with van der Waals surface area (Å²) in [4.78, 5) is 12.4. The largest absolute Gasteiger partial charge is 0.467 e. The molecular formula is C20H19ClFNO3. The van der Waals surface area contributed by atoms with Crippen molar-refractivity contribution in [2.24, 2.45) is 5.92 Å². The van der Waals surface area contributed by atoms with Crippen LogP contribution >= 0.6 is 11.6 Å². The van der Waals surface area contributed by atoms with E-state index < -0.39 is 0 Å². The summed E-state index contributed by atoms with van der Waals surface area (Å²) in [5.74, 6) is 0.518. The number of carbonyl (C=O) groups is 1. The Hall–Kier alpha value is -2.11. The SMILES string of the molecule is O=C(NCCc1cc(F)cc2c1OCOC2)[C@H]1C[C@H]1c1ccccc1Cl. The zero-order valence-corrected chi connectivity index (χ0v) is 14.9. The lowest BCUT2D eigenvalue weighted by atomic mass is 10.1. The van der Waals surface area contributed by atoms with E-state index in [0.717, 1.165) is 17.5 Å². The Bertz CT molecular complexity index is 842. The van der Waals surface area contributed by atoms with Crippen LogP contribution in [-0.2, 0) is 22.6 Å². The Labute approximate surface area is 156 Å². The van der Waals surface area contributed by atoms with Crippen molar-refractivity contribution in [1.29, 1.82) is 0 Å². The standard InChI is InChI=1S/C20H19ClFNO3/c21-18-4-2-1-3-15(18)16-9-17(16)20(24)23-6-5-12-7-14(22)8-13-10-25-11-26-19(12)13/h1-4,7-8,16-17H,5-6,9-11H2,(H,23,24)/t16-,17-/m0/s1. The summed E-state index contributed by atoms with van der Waals surface area (Å²) in [6.45, 7) is 0.943. The number of carbonyl (C=O) groups excluding carboxylic acids is 1. The zero-order chi connectivity index (χ0) is 18.1. The second kappa shape index (κ2) is 7.25. The van der Waals surface area contributed by atoms with Crippen LogP contribution in [-0.4, -0.2) is 19.2 Å². The van der Waals surface area contributed by atoms with Crippen LogP contribution in [0.25, 0.3) is 0 Å². The molecule has 6 heteroatoms. The van der Waals surface area contributed by atoms with Gasteiger partial charge in [0.1, 0.15) is 11.6 Å². The first kappa shape index (κ1) is 17.3. The first-order valence-electron chi connectivity index (χ1n) is 8.67. The average molecular weight is 376 g/mol. The van der Waals surface area contributed by atoms with Crippen molar-refractivity contribution in [3.05, 3.63) is 63.9 Å². The number of amides is 1. The minimum atomic E-state index is -0.319. The van der Waals surface area contributed by atoms with Crippen molar-refractivity contribution >= 4 is 17.5 Å². The molecule has 0 spiro atoms. The third kappa shape index (κ3) is 3.55. The molecule has 0 aromatic heterocycles. The summed E-state index contributed by atoms with van der Waals surface area (Å²) in [6, 6.07) is 10.5. The monoisotopic (exact) mass is 375 g/mol. The van der Waals surface area contributed by atoms with Gasteiger partial charge in [0, 0.05) is 23.0 Å². The minimum Gasteiger partial charge on any atom is -0.467 e. The van der Waals surface area contributed by atoms with Gasteiger partial charge in [0.25, 0.3) is 0 Å². The number of hydrogen-bond acceptors (Lipinski definition) is 3. The van der Waals surface area contributed by atoms with E-state index in [1.165, 1.54) is 12.1 Å². The molecule has 4 nitrogen and oxygen atoms in total. The number of halogens is 2. The molecule has 2 aliphatic rings. The maximum Gasteiger partial charge on any atom is 0.223 e. The number of nitrogens with one attached hydrogen (secondary N) is 1. The van der Waals surface area contributed by atoms with Crippen molar-refractivity contribution in [1.82, 2.24) is 5.32 Å². The van der Waals surface area contributed by atoms with Crippen LogP contribution in [0.3, 0.4) is 0 Å². The van der Waals surface area contributed by atoms with E-state index >= 15 is 0 Å². The second-order valence-corrected chi connectivity index (χ2v) is 7.08. The molecule has 2 aromatic rings. The van der Waals surface area contributed by atoms with E-state index in [9.17, 15) is 9.18 Å². The van der Waals surface area contributed by atoms with Crippen molar-refractivity contribution < 1.29 is 18.7 Å². The Morgan fingerprint density at radius 1 is 1.31 bits per heavy atom. The number of ether oxygens (including phenoxy) is 2. The molecule has 0 saturated heterocycles. The molecule has 1 fully saturated rings. The molecular weight excluding hydrogens is 357 g/mol. The van der Waals surface area contributed by atoms with Gasteiger partial charge in [-0.05, 0) is 48.1 Å². The number of fused-ring (bicyclic) bond motifs is 1. The summed E-state index contributed by atoms with van der Waals surface area (Å²) in [7, 11) is 0. The zero-order valence-electron chi connectivity index (χ0n) is 14.1. The number of hydrogen-bond donors (Lipinski definition) is 1. The molecule has 1 heterocycles. The molecule has 1 saturated carbocycles. The lowest BCUT2D eigenvalue weighted by molar-refractivity contribution is -0.122. The minimum absolute atomic E-state index is 0.0180. The summed E-state index contributed by atoms with van der Waals surface area (Å²) in [5.41, 5.74) is 2.49. The van der Waals surface area contributed by atoms with E-state index in [1.807, 2.05) is 24.3 Å². The summed E-state index contributed by atoms with van der Waals surface area (Å²) >= 11 is 6.20. The van der Waals surface area contributed by atoms with Gasteiger partial charge in [0.2, 0.25) is 5.91 Å². The van der Waals surface area contributed by atoms with E-state index in [2.05, 4.69) is 5.32 Å². The molecule has 1 aliphatic carbocycles. The van der Waals surface area contributed by atoms with Crippen LogP contribution in [0.1, 0.15) is 29.0 Å². The lowest BCUT2D eigenvalue weighted by Crippen LogP contribution is -2.28. The van der Waals surface area contributed by atoms with Gasteiger partial charge < -0.3 is 14.8 Å². The van der Waals surface area contributed by atoms with E-state index in [-0.39, 0.29) is 30.4 Å². The highest BCUT2D eigenvalue weighted by Crippen LogP contribution is 2.49. The fourth-order valence-corrected chi connectivity index (χ4v) is 3.77. The van der Waals surface area contributed by atoms with Gasteiger partial charge in [-0.15, -0.1) is 0 Å². The molecule has 136 valence electrons. The first-order chi connectivity index (χ1) is 12.6. The maximum atomic E-state index is 13.7. The molecule has 2 atom stereocenters. The van der Waals surface area contributed by atoms with E-state index in [1.54, 1.807) is 0 Å². The Balaban J connectivity index is 1.34. The first-order valence-corrected chi connectivity index (χ1v) is 9.05. The number of benzene rings is 2. The molecule has 0 unspecified atom stereocenters. The van der Waals surface area contributed by atoms with E-state index in [4.69, 9.17) is 21.1 Å². The summed E-state index contributed by atoms with van der Waals surface area (Å²) in [5, 5.41) is 3.65. The van der Waals surface area contributed by atoms with Crippen LogP contribution in [0, 0.1) is 11.7 Å². The second-order valence-electron chi connectivity index (χ2n) is 6.68. The summed E-state index contributed by atoms with van der Waals surface area (Å²) in [6.07, 6.45) is 1.32. The Morgan fingerprint density at radius 2 is 2.15 bits per heavy atom. The van der Waals surface area contributed by atoms with Crippen LogP contribution in [0.4, 0.5) is 4.39 Å². The Morgan fingerprint density at radius 3 is 3.00 bits per heavy atom. The van der Waals surface area contributed by atoms with Gasteiger partial charge in [-0.1, -0.05) is 29.8 Å². The molecule has 4 rings (SSSR count). The van der Waals surface area contributed by atoms with Crippen molar-refractivity contribution in [2.75, 3.05) is 13.3 Å². The third-order valence-electron chi connectivity index (χ3n) is 4.88. The van der Waals surface area contributed by atoms with E-state index in [0.29, 0.717) is 35.9 Å². The molecule has 26 heavy (non-hydrogen) atoms. The van der Waals surface area contributed by atoms with Gasteiger partial charge in [0.15, 0.2) is 6.79 Å². The molecule has 1 aliphatic heterocycles. The average Bonchev–Trinajstić information content (AvgIpc) is 3.42. The highest BCUT2D eigenvalue weighted by Gasteiger charge is 2.44. The highest BCUT2D eigenvalue weighted by molar-refractivity contribution is 6.31. The van der Waals surface area contributed by atoms with Crippen molar-refractivity contribution in [3.63, 3.8) is 0 Å². The molecule has 0 bridgehead atoms. The molecule has 1 N–H and O–H groups in total. The third-order valence-corrected chi connectivity index (χ3v) is 5.22. The normalized spacial score (nSPS) is 20.8. The fraction of sp³-hybridized carbons (Fsp3) is 0.350. The molecule has 2 aromatic carbocycles. The fourth-order valence-electron chi connectivity index (χ4n) is 3.50. The Kier molecular flexibility index (Phi) is 4.83. The maximum absolute atomic E-state index is 13.7. The highest BCUT2D eigenvalue weighted by atomic mass is 35.5. The molecule has 0 radical (unpaired) electrons. The predicted octanol–water partition coefficient (Wildman–Crippen LogP) is 3.81. The topological polar surface area (TPSA) is 47.6 Å². The van der Waals surface area contributed by atoms with Crippen molar-refractivity contribution in [3.8, 4) is 5.75 Å². The van der Waals surface area contributed by atoms with Gasteiger partial charge >= 0.3 is 0 Å². The van der Waals surface area contributed by atoms with Gasteiger partial charge in [0.05, 0.1) is 6.61 Å². The smallest absolute Gasteiger partial charge is 0.223 e. The van der Waals surface area contributed by atoms with Gasteiger partial charge in [-0.25, -0.2) is 4.39 Å². The molecule has 1 amide bonds. The summed E-state index contributed by atoms with van der Waals surface area (Å²) < 4.78 is 24.4. The van der Waals surface area contributed by atoms with Crippen LogP contribution in [0.5, 0.6) is 5.75 Å². The van der Waals surface area contributed by atoms with Crippen LogP contribution < -0.4 is 10.1 Å².